The van der Waals surface area contributed by atoms with Crippen LogP contribution < -0.4 is 14.8 Å². The third kappa shape index (κ3) is 5.33. The summed E-state index contributed by atoms with van der Waals surface area (Å²) in [6.45, 7) is 4.36. The summed E-state index contributed by atoms with van der Waals surface area (Å²) in [6.07, 6.45) is 0. The molecule has 2 N–H and O–H groups in total. The van der Waals surface area contributed by atoms with E-state index < -0.39 is 11.4 Å². The molecule has 0 aliphatic heterocycles. The molecule has 2 rings (SSSR count). The van der Waals surface area contributed by atoms with E-state index in [-0.39, 0.29) is 13.2 Å². The van der Waals surface area contributed by atoms with E-state index in [9.17, 15) is 9.50 Å². The average Bonchev–Trinajstić information content (AvgIpc) is 2.60. The second-order valence-corrected chi connectivity index (χ2v) is 7.74. The van der Waals surface area contributed by atoms with Crippen LogP contribution in [0.4, 0.5) is 4.39 Å². The van der Waals surface area contributed by atoms with E-state index in [2.05, 4.69) is 21.2 Å². The van der Waals surface area contributed by atoms with Crippen molar-refractivity contribution in [2.24, 2.45) is 0 Å². The Morgan fingerprint density at radius 3 is 2.62 bits per heavy atom. The lowest BCUT2D eigenvalue weighted by Crippen LogP contribution is -2.42. The predicted octanol–water partition coefficient (Wildman–Crippen LogP) is 4.69. The van der Waals surface area contributed by atoms with Crippen LogP contribution in [0.15, 0.2) is 34.8 Å². The van der Waals surface area contributed by atoms with Crippen molar-refractivity contribution in [3.8, 4) is 11.5 Å². The largest absolute Gasteiger partial charge is 0.493 e. The molecule has 0 saturated carbocycles. The zero-order valence-corrected chi connectivity index (χ0v) is 17.2. The quantitative estimate of drug-likeness (QED) is 0.618. The molecule has 0 amide bonds. The normalized spacial score (nSPS) is 11.5. The molecule has 0 fully saturated rings. The Morgan fingerprint density at radius 2 is 2.00 bits per heavy atom. The second kappa shape index (κ2) is 9.04. The molecule has 0 atom stereocenters. The molecule has 0 bridgehead atoms. The molecule has 0 aromatic heterocycles. The number of benzene rings is 2. The van der Waals surface area contributed by atoms with Gasteiger partial charge in [-0.1, -0.05) is 33.6 Å². The first kappa shape index (κ1) is 21.0. The third-order valence-electron chi connectivity index (χ3n) is 3.92. The van der Waals surface area contributed by atoms with Gasteiger partial charge in [-0.15, -0.1) is 0 Å². The molecule has 0 saturated heterocycles. The van der Waals surface area contributed by atoms with Gasteiger partial charge in [-0.2, -0.15) is 0 Å². The first-order valence-corrected chi connectivity index (χ1v) is 9.22. The number of halogens is 3. The Labute approximate surface area is 166 Å². The molecule has 0 radical (unpaired) electrons. The zero-order chi connectivity index (χ0) is 19.3. The van der Waals surface area contributed by atoms with Gasteiger partial charge < -0.3 is 19.9 Å². The average molecular weight is 447 g/mol. The van der Waals surface area contributed by atoms with Crippen molar-refractivity contribution in [1.29, 1.82) is 0 Å². The van der Waals surface area contributed by atoms with E-state index in [1.807, 2.05) is 19.9 Å². The number of aliphatic hydroxyl groups excluding tert-OH is 1. The molecule has 142 valence electrons. The van der Waals surface area contributed by atoms with E-state index in [1.165, 1.54) is 6.07 Å². The van der Waals surface area contributed by atoms with Crippen molar-refractivity contribution in [2.45, 2.75) is 32.5 Å². The van der Waals surface area contributed by atoms with Crippen LogP contribution in [0.1, 0.15) is 25.0 Å². The number of ether oxygens (including phenoxy) is 2. The predicted molar refractivity (Wildman–Crippen MR) is 104 cm³/mol. The summed E-state index contributed by atoms with van der Waals surface area (Å²) >= 11 is 9.55. The standard InChI is InChI=1S/C19H22BrClFNO3/c1-19(2,11-24)23-9-12-7-17(25-3)18(8-14(12)20)26-10-13-15(21)5-4-6-16(13)22/h4-8,23-24H,9-11H2,1-3H3. The fourth-order valence-electron chi connectivity index (χ4n) is 2.20. The zero-order valence-electron chi connectivity index (χ0n) is 14.9. The van der Waals surface area contributed by atoms with Gasteiger partial charge in [-0.25, -0.2) is 4.39 Å². The molecule has 2 aromatic rings. The molecule has 0 heterocycles. The number of hydrogen-bond acceptors (Lipinski definition) is 4. The van der Waals surface area contributed by atoms with E-state index in [1.54, 1.807) is 25.3 Å². The molecule has 7 heteroatoms. The summed E-state index contributed by atoms with van der Waals surface area (Å²) in [6, 6.07) is 8.12. The third-order valence-corrected chi connectivity index (χ3v) is 5.01. The molecule has 0 unspecified atom stereocenters. The van der Waals surface area contributed by atoms with Gasteiger partial charge in [-0.3, -0.25) is 0 Å². The second-order valence-electron chi connectivity index (χ2n) is 6.48. The molecular weight excluding hydrogens is 425 g/mol. The molecule has 0 aliphatic rings. The van der Waals surface area contributed by atoms with E-state index in [0.717, 1.165) is 10.0 Å². The SMILES string of the molecule is COc1cc(CNC(C)(C)CO)c(Br)cc1OCc1c(F)cccc1Cl. The van der Waals surface area contributed by atoms with Crippen LogP contribution in [0.25, 0.3) is 0 Å². The minimum Gasteiger partial charge on any atom is -0.493 e. The summed E-state index contributed by atoms with van der Waals surface area (Å²) in [7, 11) is 1.54. The molecule has 0 aliphatic carbocycles. The lowest BCUT2D eigenvalue weighted by molar-refractivity contribution is 0.187. The maximum atomic E-state index is 13.9. The van der Waals surface area contributed by atoms with E-state index in [0.29, 0.717) is 28.6 Å². The van der Waals surface area contributed by atoms with E-state index in [4.69, 9.17) is 21.1 Å². The van der Waals surface area contributed by atoms with Crippen LogP contribution in [-0.2, 0) is 13.2 Å². The number of methoxy groups -OCH3 is 1. The fourth-order valence-corrected chi connectivity index (χ4v) is 2.88. The van der Waals surface area contributed by atoms with Crippen molar-refractivity contribution >= 4 is 27.5 Å². The first-order chi connectivity index (χ1) is 12.3. The van der Waals surface area contributed by atoms with Gasteiger partial charge in [-0.05, 0) is 43.7 Å². The summed E-state index contributed by atoms with van der Waals surface area (Å²) < 4.78 is 25.8. The van der Waals surface area contributed by atoms with Crippen molar-refractivity contribution in [3.63, 3.8) is 0 Å². The topological polar surface area (TPSA) is 50.7 Å². The van der Waals surface area contributed by atoms with Crippen molar-refractivity contribution in [3.05, 3.63) is 56.8 Å². The molecule has 0 spiro atoms. The Balaban J connectivity index is 2.18. The van der Waals surface area contributed by atoms with Crippen molar-refractivity contribution in [2.75, 3.05) is 13.7 Å². The highest BCUT2D eigenvalue weighted by Crippen LogP contribution is 2.35. The minimum atomic E-state index is -0.414. The summed E-state index contributed by atoms with van der Waals surface area (Å²) in [4.78, 5) is 0. The fraction of sp³-hybridized carbons (Fsp3) is 0.368. The van der Waals surface area contributed by atoms with Crippen LogP contribution in [0, 0.1) is 5.82 Å². The summed E-state index contributed by atoms with van der Waals surface area (Å²) in [5.74, 6) is 0.589. The van der Waals surface area contributed by atoms with Crippen LogP contribution in [0.2, 0.25) is 5.02 Å². The smallest absolute Gasteiger partial charge is 0.162 e. The lowest BCUT2D eigenvalue weighted by Gasteiger charge is -2.24. The van der Waals surface area contributed by atoms with Crippen molar-refractivity contribution < 1.29 is 19.0 Å². The van der Waals surface area contributed by atoms with Gasteiger partial charge in [0.15, 0.2) is 11.5 Å². The Bertz CT molecular complexity index is 750. The minimum absolute atomic E-state index is 0.0105. The Hall–Kier alpha value is -1.34. The molecular formula is C19H22BrClFNO3. The van der Waals surface area contributed by atoms with Crippen LogP contribution in [0.5, 0.6) is 11.5 Å². The van der Waals surface area contributed by atoms with Crippen LogP contribution in [-0.4, -0.2) is 24.4 Å². The van der Waals surface area contributed by atoms with Crippen molar-refractivity contribution in [1.82, 2.24) is 5.32 Å². The van der Waals surface area contributed by atoms with Crippen LogP contribution in [0.3, 0.4) is 0 Å². The number of hydrogen-bond donors (Lipinski definition) is 2. The maximum absolute atomic E-state index is 13.9. The summed E-state index contributed by atoms with van der Waals surface area (Å²) in [5, 5.41) is 12.9. The van der Waals surface area contributed by atoms with Gasteiger partial charge in [0.1, 0.15) is 12.4 Å². The number of aliphatic hydroxyl groups is 1. The van der Waals surface area contributed by atoms with Gasteiger partial charge in [0.2, 0.25) is 0 Å². The lowest BCUT2D eigenvalue weighted by atomic mass is 10.1. The summed E-state index contributed by atoms with van der Waals surface area (Å²) in [5.41, 5.74) is 0.839. The first-order valence-electron chi connectivity index (χ1n) is 8.05. The van der Waals surface area contributed by atoms with Gasteiger partial charge in [0, 0.05) is 22.1 Å². The number of nitrogens with one attached hydrogen (secondary N) is 1. The van der Waals surface area contributed by atoms with Gasteiger partial charge in [0.05, 0.1) is 18.7 Å². The van der Waals surface area contributed by atoms with Gasteiger partial charge >= 0.3 is 0 Å². The maximum Gasteiger partial charge on any atom is 0.162 e. The Kier molecular flexibility index (Phi) is 7.29. The highest BCUT2D eigenvalue weighted by Gasteiger charge is 2.17. The molecule has 4 nitrogen and oxygen atoms in total. The number of rotatable bonds is 8. The highest BCUT2D eigenvalue weighted by molar-refractivity contribution is 9.10. The monoisotopic (exact) mass is 445 g/mol. The molecule has 26 heavy (non-hydrogen) atoms. The highest BCUT2D eigenvalue weighted by atomic mass is 79.9. The van der Waals surface area contributed by atoms with Crippen LogP contribution >= 0.6 is 27.5 Å². The van der Waals surface area contributed by atoms with Gasteiger partial charge in [0.25, 0.3) is 0 Å². The van der Waals surface area contributed by atoms with E-state index >= 15 is 0 Å². The molecule has 2 aromatic carbocycles. The Morgan fingerprint density at radius 1 is 1.27 bits per heavy atom.